The molecule has 0 fully saturated rings. The van der Waals surface area contributed by atoms with E-state index in [2.05, 4.69) is 0 Å². The summed E-state index contributed by atoms with van der Waals surface area (Å²) in [5.74, 6) is -0.203. The quantitative estimate of drug-likeness (QED) is 0.458. The van der Waals surface area contributed by atoms with Gasteiger partial charge in [0.25, 0.3) is 0 Å². The van der Waals surface area contributed by atoms with E-state index < -0.39 is 0 Å². The summed E-state index contributed by atoms with van der Waals surface area (Å²) in [7, 11) is 0. The maximum Gasteiger partial charge on any atom is 0.205 e. The maximum atomic E-state index is 12.1. The number of benzene rings is 1. The fraction of sp³-hybridized carbons (Fsp3) is 0.0769. The highest BCUT2D eigenvalue weighted by molar-refractivity contribution is 8.28. The molecule has 1 aliphatic rings. The molecular formula is C13H9NOS2. The zero-order valence-electron chi connectivity index (χ0n) is 9.14. The lowest BCUT2D eigenvalue weighted by Gasteiger charge is -2.02. The summed E-state index contributed by atoms with van der Waals surface area (Å²) in [5.41, 5.74) is 0.793. The molecule has 0 unspecified atom stereocenters. The van der Waals surface area contributed by atoms with Crippen LogP contribution < -0.4 is 0 Å². The molecule has 0 amide bonds. The number of ketones is 1. The van der Waals surface area contributed by atoms with Gasteiger partial charge in [0.15, 0.2) is 0 Å². The number of carbonyl (C=O) groups excluding carboxylic acids is 1. The fourth-order valence-electron chi connectivity index (χ4n) is 1.36. The standard InChI is InChI=1S/C13H9NOS2/c1-9-8-16-13(17-9)11(7-14)12(15)10-5-3-2-4-6-10/h2-6,8H,1H3/b13-11-. The first-order valence-electron chi connectivity index (χ1n) is 4.98. The molecule has 0 aromatic heterocycles. The predicted octanol–water partition coefficient (Wildman–Crippen LogP) is 3.95. The second kappa shape index (κ2) is 5.26. The lowest BCUT2D eigenvalue weighted by Crippen LogP contribution is -2.02. The number of nitrogens with zero attached hydrogens (tertiary/aromatic N) is 1. The molecule has 0 spiro atoms. The minimum atomic E-state index is -0.203. The average molecular weight is 259 g/mol. The Balaban J connectivity index is 2.34. The first-order valence-corrected chi connectivity index (χ1v) is 6.67. The zero-order valence-corrected chi connectivity index (χ0v) is 10.8. The fourth-order valence-corrected chi connectivity index (χ4v) is 3.49. The largest absolute Gasteiger partial charge is 0.288 e. The van der Waals surface area contributed by atoms with Gasteiger partial charge >= 0.3 is 0 Å². The highest BCUT2D eigenvalue weighted by atomic mass is 32.2. The lowest BCUT2D eigenvalue weighted by molar-refractivity contribution is 0.103. The van der Waals surface area contributed by atoms with Crippen molar-refractivity contribution in [3.05, 3.63) is 56.0 Å². The maximum absolute atomic E-state index is 12.1. The molecular weight excluding hydrogens is 250 g/mol. The SMILES string of the molecule is CC1=CS/C(=C(\C#N)C(=O)c2ccccc2)S1. The molecule has 1 heterocycles. The van der Waals surface area contributed by atoms with Crippen molar-refractivity contribution in [3.63, 3.8) is 0 Å². The van der Waals surface area contributed by atoms with Crippen molar-refractivity contribution < 1.29 is 4.79 Å². The number of rotatable bonds is 2. The predicted molar refractivity (Wildman–Crippen MR) is 72.4 cm³/mol. The second-order valence-corrected chi connectivity index (χ2v) is 5.81. The van der Waals surface area contributed by atoms with Crippen LogP contribution in [0.25, 0.3) is 0 Å². The molecule has 2 rings (SSSR count). The minimum Gasteiger partial charge on any atom is -0.288 e. The third-order valence-electron chi connectivity index (χ3n) is 2.16. The van der Waals surface area contributed by atoms with Crippen LogP contribution in [0.2, 0.25) is 0 Å². The molecule has 0 radical (unpaired) electrons. The minimum absolute atomic E-state index is 0.203. The topological polar surface area (TPSA) is 40.9 Å². The third kappa shape index (κ3) is 2.63. The van der Waals surface area contributed by atoms with E-state index in [0.29, 0.717) is 5.56 Å². The van der Waals surface area contributed by atoms with E-state index in [1.807, 2.05) is 24.5 Å². The molecule has 17 heavy (non-hydrogen) atoms. The van der Waals surface area contributed by atoms with Gasteiger partial charge in [0, 0.05) is 5.56 Å². The molecule has 0 aliphatic carbocycles. The van der Waals surface area contributed by atoms with Crippen LogP contribution in [0.5, 0.6) is 0 Å². The Labute approximate surface area is 108 Å². The van der Waals surface area contributed by atoms with Crippen molar-refractivity contribution in [1.29, 1.82) is 5.26 Å². The van der Waals surface area contributed by atoms with Gasteiger partial charge in [-0.25, -0.2) is 0 Å². The summed E-state index contributed by atoms with van der Waals surface area (Å²) in [4.78, 5) is 13.2. The Morgan fingerprint density at radius 3 is 2.53 bits per heavy atom. The van der Waals surface area contributed by atoms with Crippen LogP contribution in [0, 0.1) is 11.3 Å². The van der Waals surface area contributed by atoms with Gasteiger partial charge in [0.1, 0.15) is 11.6 Å². The molecule has 2 nitrogen and oxygen atoms in total. The summed E-state index contributed by atoms with van der Waals surface area (Å²) in [6, 6.07) is 10.9. The van der Waals surface area contributed by atoms with Crippen molar-refractivity contribution >= 4 is 29.3 Å². The van der Waals surface area contributed by atoms with Gasteiger partial charge in [0.2, 0.25) is 5.78 Å². The molecule has 84 valence electrons. The number of allylic oxidation sites excluding steroid dienone is 2. The van der Waals surface area contributed by atoms with Gasteiger partial charge in [0.05, 0.1) is 4.24 Å². The summed E-state index contributed by atoms with van der Waals surface area (Å²) in [6.45, 7) is 1.96. The van der Waals surface area contributed by atoms with Crippen LogP contribution in [0.15, 0.2) is 50.5 Å². The molecule has 0 saturated heterocycles. The van der Waals surface area contributed by atoms with E-state index in [9.17, 15) is 4.79 Å². The van der Waals surface area contributed by atoms with Gasteiger partial charge in [-0.05, 0) is 17.2 Å². The highest BCUT2D eigenvalue weighted by Crippen LogP contribution is 2.45. The third-order valence-corrected chi connectivity index (χ3v) is 4.57. The van der Waals surface area contributed by atoms with E-state index >= 15 is 0 Å². The number of thioether (sulfide) groups is 2. The van der Waals surface area contributed by atoms with Gasteiger partial charge in [-0.15, -0.1) is 0 Å². The van der Waals surface area contributed by atoms with Crippen molar-refractivity contribution in [2.75, 3.05) is 0 Å². The van der Waals surface area contributed by atoms with E-state index in [1.54, 1.807) is 24.3 Å². The van der Waals surface area contributed by atoms with Gasteiger partial charge in [-0.3, -0.25) is 4.79 Å². The van der Waals surface area contributed by atoms with Crippen LogP contribution in [0.3, 0.4) is 0 Å². The highest BCUT2D eigenvalue weighted by Gasteiger charge is 2.20. The normalized spacial score (nSPS) is 17.3. The van der Waals surface area contributed by atoms with Crippen molar-refractivity contribution in [1.82, 2.24) is 0 Å². The summed E-state index contributed by atoms with van der Waals surface area (Å²) < 4.78 is 0.777. The van der Waals surface area contributed by atoms with Crippen molar-refractivity contribution in [3.8, 4) is 6.07 Å². The Kier molecular flexibility index (Phi) is 3.72. The molecule has 1 aromatic rings. The summed E-state index contributed by atoms with van der Waals surface area (Å²) in [5, 5.41) is 11.1. The monoisotopic (exact) mass is 259 g/mol. The van der Waals surface area contributed by atoms with E-state index in [4.69, 9.17) is 5.26 Å². The Morgan fingerprint density at radius 1 is 1.29 bits per heavy atom. The first kappa shape index (κ1) is 12.0. The molecule has 4 heteroatoms. The van der Waals surface area contributed by atoms with Gasteiger partial charge in [-0.1, -0.05) is 53.9 Å². The smallest absolute Gasteiger partial charge is 0.205 e. The Morgan fingerprint density at radius 2 is 2.00 bits per heavy atom. The van der Waals surface area contributed by atoms with E-state index in [0.717, 1.165) is 9.14 Å². The molecule has 0 bridgehead atoms. The Bertz CT molecular complexity index is 553. The van der Waals surface area contributed by atoms with Crippen molar-refractivity contribution in [2.45, 2.75) is 6.92 Å². The molecule has 0 atom stereocenters. The number of Topliss-reactive ketones (excluding diaryl/α,β-unsaturated/α-hetero) is 1. The van der Waals surface area contributed by atoms with E-state index in [1.165, 1.54) is 23.5 Å². The average Bonchev–Trinajstić information content (AvgIpc) is 2.78. The molecule has 1 aromatic carbocycles. The van der Waals surface area contributed by atoms with Crippen LogP contribution >= 0.6 is 23.5 Å². The summed E-state index contributed by atoms with van der Waals surface area (Å²) >= 11 is 2.92. The number of hydrogen-bond donors (Lipinski definition) is 0. The van der Waals surface area contributed by atoms with Crippen LogP contribution in [-0.2, 0) is 0 Å². The Hall–Kier alpha value is -1.44. The lowest BCUT2D eigenvalue weighted by atomic mass is 10.1. The van der Waals surface area contributed by atoms with Crippen LogP contribution in [0.4, 0.5) is 0 Å². The van der Waals surface area contributed by atoms with Crippen molar-refractivity contribution in [2.24, 2.45) is 0 Å². The van der Waals surface area contributed by atoms with Gasteiger partial charge in [-0.2, -0.15) is 5.26 Å². The second-order valence-electron chi connectivity index (χ2n) is 3.42. The number of hydrogen-bond acceptors (Lipinski definition) is 4. The molecule has 1 aliphatic heterocycles. The molecule has 0 N–H and O–H groups in total. The zero-order chi connectivity index (χ0) is 12.3. The number of carbonyl (C=O) groups is 1. The summed E-state index contributed by atoms with van der Waals surface area (Å²) in [6.07, 6.45) is 0. The van der Waals surface area contributed by atoms with Crippen LogP contribution in [0.1, 0.15) is 17.3 Å². The van der Waals surface area contributed by atoms with Gasteiger partial charge < -0.3 is 0 Å². The van der Waals surface area contributed by atoms with E-state index in [-0.39, 0.29) is 11.4 Å². The first-order chi connectivity index (χ1) is 8.22. The molecule has 0 saturated carbocycles. The van der Waals surface area contributed by atoms with Crippen LogP contribution in [-0.4, -0.2) is 5.78 Å². The number of nitriles is 1.